The molecule has 0 saturated carbocycles. The zero-order chi connectivity index (χ0) is 9.14. The van der Waals surface area contributed by atoms with Crippen LogP contribution in [0.15, 0.2) is 30.6 Å². The van der Waals surface area contributed by atoms with Crippen molar-refractivity contribution in [1.29, 1.82) is 0 Å². The van der Waals surface area contributed by atoms with Crippen molar-refractivity contribution >= 4 is 11.7 Å². The van der Waals surface area contributed by atoms with E-state index < -0.39 is 5.97 Å². The number of anilines is 1. The topological polar surface area (TPSA) is 57.2 Å². The van der Waals surface area contributed by atoms with Crippen LogP contribution < -0.4 is 10.6 Å². The van der Waals surface area contributed by atoms with Gasteiger partial charge >= 0.3 is 5.97 Å². The first-order chi connectivity index (χ1) is 5.59. The Kier molecular flexibility index (Phi) is 2.19. The molecule has 4 nitrogen and oxygen atoms in total. The summed E-state index contributed by atoms with van der Waals surface area (Å²) in [4.78, 5) is 15.7. The second kappa shape index (κ2) is 3.13. The lowest BCUT2D eigenvalue weighted by Gasteiger charge is -2.01. The molecule has 0 spiro atoms. The van der Waals surface area contributed by atoms with Crippen LogP contribution in [0.4, 0.5) is 5.69 Å². The Morgan fingerprint density at radius 2 is 2.42 bits per heavy atom. The van der Waals surface area contributed by atoms with Crippen LogP contribution in [0.1, 0.15) is 6.92 Å². The summed E-state index contributed by atoms with van der Waals surface area (Å²) < 4.78 is 1.24. The number of carbonyl (C=O) groups is 1. The highest BCUT2D eigenvalue weighted by Crippen LogP contribution is 2.00. The molecule has 1 aromatic heterocycles. The van der Waals surface area contributed by atoms with E-state index in [-0.39, 0.29) is 0 Å². The van der Waals surface area contributed by atoms with Crippen LogP contribution in [0.2, 0.25) is 0 Å². The van der Waals surface area contributed by atoms with Crippen LogP contribution >= 0.6 is 0 Å². The van der Waals surface area contributed by atoms with Gasteiger partial charge in [-0.1, -0.05) is 6.58 Å². The van der Waals surface area contributed by atoms with Crippen molar-refractivity contribution in [3.05, 3.63) is 30.6 Å². The zero-order valence-electron chi connectivity index (χ0n) is 6.78. The molecule has 1 heterocycles. The van der Waals surface area contributed by atoms with Crippen molar-refractivity contribution in [3.63, 3.8) is 0 Å². The zero-order valence-corrected chi connectivity index (χ0v) is 6.78. The molecule has 0 atom stereocenters. The monoisotopic (exact) mass is 166 g/mol. The maximum Gasteiger partial charge on any atom is 0.358 e. The summed E-state index contributed by atoms with van der Waals surface area (Å²) in [5.74, 6) is -0.467. The largest absolute Gasteiger partial charge is 0.397 e. The molecule has 0 amide bonds. The average Bonchev–Trinajstić information content (AvgIpc) is 2.35. The minimum absolute atomic E-state index is 0.349. The summed E-state index contributed by atoms with van der Waals surface area (Å²) in [5, 5.41) is 0. The second-order valence-electron chi connectivity index (χ2n) is 2.46. The van der Waals surface area contributed by atoms with Gasteiger partial charge in [0.25, 0.3) is 0 Å². The Bertz CT molecular complexity index is 315. The van der Waals surface area contributed by atoms with E-state index in [1.54, 1.807) is 19.2 Å². The molecule has 0 aliphatic rings. The fraction of sp³-hybridized carbons (Fsp3) is 0.125. The first-order valence-electron chi connectivity index (χ1n) is 3.41. The maximum atomic E-state index is 10.9. The van der Waals surface area contributed by atoms with Gasteiger partial charge in [0.15, 0.2) is 0 Å². The van der Waals surface area contributed by atoms with Crippen molar-refractivity contribution in [2.75, 3.05) is 5.73 Å². The first-order valence-corrected chi connectivity index (χ1v) is 3.41. The minimum atomic E-state index is -0.467. The number of nitrogens with zero attached hydrogens (tertiary/aromatic N) is 1. The molecule has 0 bridgehead atoms. The van der Waals surface area contributed by atoms with Gasteiger partial charge in [-0.25, -0.2) is 4.79 Å². The highest BCUT2D eigenvalue weighted by molar-refractivity contribution is 5.87. The number of aromatic nitrogens is 1. The molecule has 0 aliphatic carbocycles. The summed E-state index contributed by atoms with van der Waals surface area (Å²) >= 11 is 0. The van der Waals surface area contributed by atoms with E-state index >= 15 is 0 Å². The van der Waals surface area contributed by atoms with Crippen LogP contribution in [-0.2, 0) is 4.79 Å². The second-order valence-corrected chi connectivity index (χ2v) is 2.46. The lowest BCUT2D eigenvalue weighted by atomic mass is 10.4. The summed E-state index contributed by atoms with van der Waals surface area (Å²) in [6, 6.07) is 1.63. The van der Waals surface area contributed by atoms with Gasteiger partial charge in [-0.3, -0.25) is 0 Å². The van der Waals surface area contributed by atoms with Gasteiger partial charge in [0.05, 0.1) is 11.9 Å². The van der Waals surface area contributed by atoms with E-state index in [4.69, 9.17) is 10.6 Å². The van der Waals surface area contributed by atoms with Crippen LogP contribution in [0, 0.1) is 0 Å². The van der Waals surface area contributed by atoms with Crippen molar-refractivity contribution in [2.24, 2.45) is 0 Å². The molecule has 0 aromatic carbocycles. The van der Waals surface area contributed by atoms with Gasteiger partial charge in [-0.2, -0.15) is 4.73 Å². The maximum absolute atomic E-state index is 10.9. The third-order valence-corrected chi connectivity index (χ3v) is 1.23. The summed E-state index contributed by atoms with van der Waals surface area (Å²) in [6.45, 7) is 5.02. The Labute approximate surface area is 70.2 Å². The molecule has 0 fully saturated rings. The predicted octanol–water partition coefficient (Wildman–Crippen LogP) is 0.602. The van der Waals surface area contributed by atoms with Crippen LogP contribution in [0.25, 0.3) is 0 Å². The summed E-state index contributed by atoms with van der Waals surface area (Å²) in [6.07, 6.45) is 3.05. The summed E-state index contributed by atoms with van der Waals surface area (Å²) in [5.41, 5.74) is 6.29. The van der Waals surface area contributed by atoms with E-state index in [2.05, 4.69) is 6.58 Å². The fourth-order valence-electron chi connectivity index (χ4n) is 0.623. The molecule has 1 aromatic rings. The molecule has 1 rings (SSSR count). The van der Waals surface area contributed by atoms with E-state index in [0.717, 1.165) is 0 Å². The Balaban J connectivity index is 2.64. The normalized spacial score (nSPS) is 9.42. The lowest BCUT2D eigenvalue weighted by Crippen LogP contribution is -2.18. The minimum Gasteiger partial charge on any atom is -0.397 e. The van der Waals surface area contributed by atoms with Crippen LogP contribution in [0.5, 0.6) is 0 Å². The molecule has 0 saturated heterocycles. The van der Waals surface area contributed by atoms with Crippen molar-refractivity contribution in [2.45, 2.75) is 6.92 Å². The van der Waals surface area contributed by atoms with Gasteiger partial charge in [0, 0.05) is 11.8 Å². The van der Waals surface area contributed by atoms with Gasteiger partial charge in [0.2, 0.25) is 0 Å². The number of hydrogen-bond donors (Lipinski definition) is 1. The molecular weight excluding hydrogens is 156 g/mol. The van der Waals surface area contributed by atoms with Crippen LogP contribution in [0.3, 0.4) is 0 Å². The molecule has 0 radical (unpaired) electrons. The van der Waals surface area contributed by atoms with E-state index in [1.807, 2.05) is 0 Å². The Morgan fingerprint density at radius 3 is 2.83 bits per heavy atom. The number of rotatable bonds is 2. The molecule has 0 unspecified atom stereocenters. The van der Waals surface area contributed by atoms with Crippen molar-refractivity contribution in [3.8, 4) is 0 Å². The number of nitrogens with two attached hydrogens (primary N) is 1. The highest BCUT2D eigenvalue weighted by Gasteiger charge is 2.03. The number of nitrogen functional groups attached to an aromatic ring is 1. The third kappa shape index (κ3) is 1.88. The van der Waals surface area contributed by atoms with Crippen LogP contribution in [-0.4, -0.2) is 10.7 Å². The van der Waals surface area contributed by atoms with Gasteiger partial charge in [-0.15, -0.1) is 0 Å². The average molecular weight is 166 g/mol. The van der Waals surface area contributed by atoms with E-state index in [0.29, 0.717) is 11.3 Å². The van der Waals surface area contributed by atoms with Gasteiger partial charge in [-0.05, 0) is 13.0 Å². The standard InChI is InChI=1S/C8H10N2O2/c1-6(2)8(11)12-10-4-3-7(9)5-10/h3-5H,1,9H2,2H3. The van der Waals surface area contributed by atoms with Crippen molar-refractivity contribution < 1.29 is 9.63 Å². The molecule has 0 aliphatic heterocycles. The summed E-state index contributed by atoms with van der Waals surface area (Å²) in [7, 11) is 0. The third-order valence-electron chi connectivity index (χ3n) is 1.23. The quantitative estimate of drug-likeness (QED) is 0.654. The van der Waals surface area contributed by atoms with E-state index in [9.17, 15) is 4.79 Å². The van der Waals surface area contributed by atoms with Crippen molar-refractivity contribution in [1.82, 2.24) is 4.73 Å². The predicted molar refractivity (Wildman–Crippen MR) is 45.2 cm³/mol. The lowest BCUT2D eigenvalue weighted by molar-refractivity contribution is -0.139. The highest BCUT2D eigenvalue weighted by atomic mass is 16.7. The fourth-order valence-corrected chi connectivity index (χ4v) is 0.623. The number of carbonyl (C=O) groups excluding carboxylic acids is 1. The SMILES string of the molecule is C=C(C)C(=O)On1ccc(N)c1. The Hall–Kier alpha value is -1.71. The first kappa shape index (κ1) is 8.39. The Morgan fingerprint density at radius 1 is 1.75 bits per heavy atom. The van der Waals surface area contributed by atoms with E-state index in [1.165, 1.54) is 10.9 Å². The smallest absolute Gasteiger partial charge is 0.358 e. The van der Waals surface area contributed by atoms with Gasteiger partial charge < -0.3 is 10.6 Å². The molecule has 4 heteroatoms. The molecule has 12 heavy (non-hydrogen) atoms. The molecule has 64 valence electrons. The molecule has 2 N–H and O–H groups in total. The number of hydrogen-bond acceptors (Lipinski definition) is 3. The molecular formula is C8H10N2O2. The van der Waals surface area contributed by atoms with Gasteiger partial charge in [0.1, 0.15) is 0 Å².